The highest BCUT2D eigenvalue weighted by Gasteiger charge is 2.24. The van der Waals surface area contributed by atoms with Crippen LogP contribution in [0.25, 0.3) is 0 Å². The predicted molar refractivity (Wildman–Crippen MR) is 95.8 cm³/mol. The molecule has 1 N–H and O–H groups in total. The fraction of sp³-hybridized carbons (Fsp3) is 0.474. The van der Waals surface area contributed by atoms with E-state index >= 15 is 0 Å². The van der Waals surface area contributed by atoms with Gasteiger partial charge in [-0.1, -0.05) is 31.2 Å². The first-order chi connectivity index (χ1) is 10.8. The molecule has 1 aromatic carbocycles. The van der Waals surface area contributed by atoms with Crippen molar-refractivity contribution in [2.45, 2.75) is 32.7 Å². The summed E-state index contributed by atoms with van der Waals surface area (Å²) >= 11 is 1.94. The third kappa shape index (κ3) is 3.60. The van der Waals surface area contributed by atoms with Gasteiger partial charge in [0.2, 0.25) is 0 Å². The summed E-state index contributed by atoms with van der Waals surface area (Å²) in [6.07, 6.45) is 2.34. The molecule has 0 radical (unpaired) electrons. The lowest BCUT2D eigenvalue weighted by Gasteiger charge is -2.30. The fourth-order valence-electron chi connectivity index (χ4n) is 3.22. The van der Waals surface area contributed by atoms with E-state index in [1.807, 2.05) is 11.3 Å². The molecule has 0 spiro atoms. The highest BCUT2D eigenvalue weighted by molar-refractivity contribution is 7.12. The van der Waals surface area contributed by atoms with Gasteiger partial charge < -0.3 is 5.32 Å². The summed E-state index contributed by atoms with van der Waals surface area (Å²) in [5.41, 5.74) is 2.85. The first-order valence-electron chi connectivity index (χ1n) is 8.38. The average Bonchev–Trinajstić information content (AvgIpc) is 2.80. The van der Waals surface area contributed by atoms with E-state index in [1.54, 1.807) is 0 Å². The number of hydrogen-bond donors (Lipinski definition) is 1. The van der Waals surface area contributed by atoms with E-state index < -0.39 is 0 Å². The van der Waals surface area contributed by atoms with Gasteiger partial charge >= 0.3 is 0 Å². The van der Waals surface area contributed by atoms with E-state index in [4.69, 9.17) is 0 Å². The second kappa shape index (κ2) is 7.40. The van der Waals surface area contributed by atoms with Crippen LogP contribution >= 0.6 is 11.3 Å². The highest BCUT2D eigenvalue weighted by Crippen LogP contribution is 2.33. The third-order valence-corrected chi connectivity index (χ3v) is 5.53. The van der Waals surface area contributed by atoms with Crippen LogP contribution in [-0.4, -0.2) is 31.1 Å². The van der Waals surface area contributed by atoms with Gasteiger partial charge in [-0.2, -0.15) is 0 Å². The van der Waals surface area contributed by atoms with E-state index in [1.165, 1.54) is 33.8 Å². The number of nitrogens with zero attached hydrogens (tertiary/aromatic N) is 1. The third-order valence-electron chi connectivity index (χ3n) is 4.47. The molecule has 1 unspecified atom stereocenters. The van der Waals surface area contributed by atoms with E-state index in [0.29, 0.717) is 6.04 Å². The van der Waals surface area contributed by atoms with Gasteiger partial charge in [0.1, 0.15) is 0 Å². The van der Waals surface area contributed by atoms with Crippen LogP contribution in [0, 0.1) is 6.92 Å². The van der Waals surface area contributed by atoms with Crippen molar-refractivity contribution in [3.63, 3.8) is 0 Å². The van der Waals surface area contributed by atoms with Gasteiger partial charge in [-0.05, 0) is 49.6 Å². The van der Waals surface area contributed by atoms with Crippen LogP contribution in [0.1, 0.15) is 40.3 Å². The van der Waals surface area contributed by atoms with Gasteiger partial charge in [0, 0.05) is 29.4 Å². The lowest BCUT2D eigenvalue weighted by atomic mass is 10.0. The van der Waals surface area contributed by atoms with E-state index in [2.05, 4.69) is 60.5 Å². The smallest absolute Gasteiger partial charge is 0.0696 e. The van der Waals surface area contributed by atoms with Gasteiger partial charge in [0.15, 0.2) is 0 Å². The minimum atomic E-state index is 0.407. The zero-order valence-corrected chi connectivity index (χ0v) is 14.5. The maximum Gasteiger partial charge on any atom is 0.0696 e. The Labute approximate surface area is 138 Å². The van der Waals surface area contributed by atoms with Gasteiger partial charge in [-0.3, -0.25) is 4.90 Å². The largest absolute Gasteiger partial charge is 0.315 e. The molecule has 1 fully saturated rings. The molecule has 0 aliphatic carbocycles. The van der Waals surface area contributed by atoms with Gasteiger partial charge in [-0.25, -0.2) is 0 Å². The van der Waals surface area contributed by atoms with Crippen LogP contribution in [0.2, 0.25) is 0 Å². The summed E-state index contributed by atoms with van der Waals surface area (Å²) in [4.78, 5) is 5.52. The van der Waals surface area contributed by atoms with E-state index in [9.17, 15) is 0 Å². The van der Waals surface area contributed by atoms with Crippen molar-refractivity contribution in [3.05, 3.63) is 57.3 Å². The number of aryl methyl sites for hydroxylation is 2. The standard InChI is InChI=1S/C19H26N2S/c1-3-16-6-8-17(9-7-16)19(18-10-5-15(2)22-18)21-13-4-11-20-12-14-21/h5-10,19-20H,3-4,11-14H2,1-2H3. The Balaban J connectivity index is 1.93. The number of nitrogens with one attached hydrogen (secondary N) is 1. The second-order valence-corrected chi connectivity index (χ2v) is 7.41. The van der Waals surface area contributed by atoms with Crippen LogP contribution in [-0.2, 0) is 6.42 Å². The highest BCUT2D eigenvalue weighted by atomic mass is 32.1. The molecule has 2 heterocycles. The molecule has 0 saturated carbocycles. The summed E-state index contributed by atoms with van der Waals surface area (Å²) in [5.74, 6) is 0. The SMILES string of the molecule is CCc1ccc(C(c2ccc(C)s2)N2CCCNCC2)cc1. The monoisotopic (exact) mass is 314 g/mol. The molecule has 1 saturated heterocycles. The first kappa shape index (κ1) is 15.7. The second-order valence-electron chi connectivity index (χ2n) is 6.09. The van der Waals surface area contributed by atoms with Crippen molar-refractivity contribution in [3.8, 4) is 0 Å². The topological polar surface area (TPSA) is 15.3 Å². The Hall–Kier alpha value is -1.16. The molecule has 1 aliphatic heterocycles. The Morgan fingerprint density at radius 1 is 1.09 bits per heavy atom. The van der Waals surface area contributed by atoms with Gasteiger partial charge in [0.25, 0.3) is 0 Å². The van der Waals surface area contributed by atoms with Crippen LogP contribution in [0.4, 0.5) is 0 Å². The van der Waals surface area contributed by atoms with Crippen molar-refractivity contribution in [2.75, 3.05) is 26.2 Å². The lowest BCUT2D eigenvalue weighted by Crippen LogP contribution is -2.32. The average molecular weight is 314 g/mol. The summed E-state index contributed by atoms with van der Waals surface area (Å²) in [6, 6.07) is 14.2. The van der Waals surface area contributed by atoms with Crippen molar-refractivity contribution in [1.82, 2.24) is 10.2 Å². The number of hydrogen-bond acceptors (Lipinski definition) is 3. The Morgan fingerprint density at radius 3 is 2.59 bits per heavy atom. The van der Waals surface area contributed by atoms with Crippen LogP contribution in [0.5, 0.6) is 0 Å². The number of rotatable bonds is 4. The molecule has 3 heteroatoms. The molecule has 2 nitrogen and oxygen atoms in total. The van der Waals surface area contributed by atoms with E-state index in [-0.39, 0.29) is 0 Å². The van der Waals surface area contributed by atoms with Crippen molar-refractivity contribution in [2.24, 2.45) is 0 Å². The minimum Gasteiger partial charge on any atom is -0.315 e. The molecular weight excluding hydrogens is 288 g/mol. The molecule has 2 aromatic rings. The molecule has 0 amide bonds. The summed E-state index contributed by atoms with van der Waals surface area (Å²) < 4.78 is 0. The van der Waals surface area contributed by atoms with Crippen LogP contribution < -0.4 is 5.32 Å². The van der Waals surface area contributed by atoms with E-state index in [0.717, 1.165) is 26.1 Å². The Bertz CT molecular complexity index is 580. The molecule has 1 atom stereocenters. The molecule has 0 bridgehead atoms. The minimum absolute atomic E-state index is 0.407. The molecule has 1 aliphatic rings. The maximum atomic E-state index is 3.52. The summed E-state index contributed by atoms with van der Waals surface area (Å²) in [6.45, 7) is 8.95. The Morgan fingerprint density at radius 2 is 1.91 bits per heavy atom. The zero-order valence-electron chi connectivity index (χ0n) is 13.6. The van der Waals surface area contributed by atoms with Gasteiger partial charge in [-0.15, -0.1) is 11.3 Å². The van der Waals surface area contributed by atoms with Crippen molar-refractivity contribution in [1.29, 1.82) is 0 Å². The summed E-state index contributed by atoms with van der Waals surface area (Å²) in [7, 11) is 0. The number of thiophene rings is 1. The normalized spacial score (nSPS) is 18.1. The maximum absolute atomic E-state index is 3.52. The van der Waals surface area contributed by atoms with Crippen molar-refractivity contribution < 1.29 is 0 Å². The fourth-order valence-corrected chi connectivity index (χ4v) is 4.26. The zero-order chi connectivity index (χ0) is 15.4. The predicted octanol–water partition coefficient (Wildman–Crippen LogP) is 4.00. The molecule has 22 heavy (non-hydrogen) atoms. The quantitative estimate of drug-likeness (QED) is 0.917. The first-order valence-corrected chi connectivity index (χ1v) is 9.19. The van der Waals surface area contributed by atoms with Crippen molar-refractivity contribution >= 4 is 11.3 Å². The van der Waals surface area contributed by atoms with Gasteiger partial charge in [0.05, 0.1) is 6.04 Å². The molecule has 3 rings (SSSR count). The Kier molecular flexibility index (Phi) is 5.29. The molecule has 118 valence electrons. The molecule has 1 aromatic heterocycles. The summed E-state index contributed by atoms with van der Waals surface area (Å²) in [5, 5.41) is 3.52. The number of benzene rings is 1. The molecular formula is C19H26N2S. The van der Waals surface area contributed by atoms with Crippen LogP contribution in [0.15, 0.2) is 36.4 Å². The lowest BCUT2D eigenvalue weighted by molar-refractivity contribution is 0.244. The van der Waals surface area contributed by atoms with Crippen LogP contribution in [0.3, 0.4) is 0 Å².